The number of nitrogens with zero attached hydrogens (tertiary/aromatic N) is 1. The molecule has 0 aromatic carbocycles. The zero-order valence-corrected chi connectivity index (χ0v) is 33.5. The molecule has 0 aromatic heterocycles. The normalized spacial score (nSPS) is 13.1. The van der Waals surface area contributed by atoms with E-state index < -0.39 is 6.29 Å². The van der Waals surface area contributed by atoms with Gasteiger partial charge in [-0.25, -0.2) is 0 Å². The number of esters is 1. The average molecular weight is 698 g/mol. The maximum Gasteiger partial charge on any atom is 0.306 e. The third-order valence-electron chi connectivity index (χ3n) is 10.1. The Morgan fingerprint density at radius 3 is 1.43 bits per heavy atom. The molecule has 0 fully saturated rings. The molecule has 0 amide bonds. The van der Waals surface area contributed by atoms with E-state index in [1.54, 1.807) is 0 Å². The highest BCUT2D eigenvalue weighted by atomic mass is 16.6. The van der Waals surface area contributed by atoms with Crippen LogP contribution in [0.1, 0.15) is 227 Å². The lowest BCUT2D eigenvalue weighted by atomic mass is 10.0. The first kappa shape index (κ1) is 48.3. The molecule has 2 N–H and O–H groups in total. The first-order chi connectivity index (χ1) is 24.0. The van der Waals surface area contributed by atoms with E-state index in [9.17, 15) is 15.0 Å². The third kappa shape index (κ3) is 35.5. The van der Waals surface area contributed by atoms with Crippen molar-refractivity contribution < 1.29 is 24.5 Å². The van der Waals surface area contributed by atoms with E-state index >= 15 is 0 Å². The van der Waals surface area contributed by atoms with E-state index in [0.717, 1.165) is 90.3 Å². The van der Waals surface area contributed by atoms with Crippen LogP contribution in [0, 0.1) is 0 Å². The molecule has 6 nitrogen and oxygen atoms in total. The minimum Gasteiger partial charge on any atom is -0.463 e. The fraction of sp³-hybridized carbons (Fsp3) is 0.977. The van der Waals surface area contributed by atoms with Crippen LogP contribution in [0.4, 0.5) is 0 Å². The number of unbranched alkanes of at least 4 members (excludes halogenated alkanes) is 21. The lowest BCUT2D eigenvalue weighted by molar-refractivity contribution is -0.148. The summed E-state index contributed by atoms with van der Waals surface area (Å²) in [6.07, 6.45) is 35.9. The Morgan fingerprint density at radius 1 is 0.531 bits per heavy atom. The van der Waals surface area contributed by atoms with Gasteiger partial charge in [-0.05, 0) is 77.8 Å². The van der Waals surface area contributed by atoms with E-state index in [1.807, 2.05) is 6.92 Å². The van der Waals surface area contributed by atoms with E-state index in [1.165, 1.54) is 122 Å². The summed E-state index contributed by atoms with van der Waals surface area (Å²) in [5.41, 5.74) is 0. The molecule has 0 aliphatic carbocycles. The number of aliphatic hydroxyl groups is 2. The number of aliphatic hydroxyl groups excluding tert-OH is 2. The van der Waals surface area contributed by atoms with Crippen molar-refractivity contribution in [1.29, 1.82) is 0 Å². The summed E-state index contributed by atoms with van der Waals surface area (Å²) in [6.45, 7) is 11.7. The Balaban J connectivity index is 4.04. The maximum atomic E-state index is 12.2. The highest BCUT2D eigenvalue weighted by Gasteiger charge is 2.15. The van der Waals surface area contributed by atoms with E-state index in [0.29, 0.717) is 6.42 Å². The van der Waals surface area contributed by atoms with Crippen LogP contribution in [0.5, 0.6) is 0 Å². The summed E-state index contributed by atoms with van der Waals surface area (Å²) in [5.74, 6) is -0.0501. The quantitative estimate of drug-likeness (QED) is 0.0377. The third-order valence-corrected chi connectivity index (χ3v) is 10.1. The lowest BCUT2D eigenvalue weighted by Gasteiger charge is -2.22. The van der Waals surface area contributed by atoms with Gasteiger partial charge in [-0.2, -0.15) is 0 Å². The van der Waals surface area contributed by atoms with Crippen molar-refractivity contribution in [2.75, 3.05) is 26.2 Å². The minimum atomic E-state index is -0.624. The molecule has 0 aliphatic rings. The van der Waals surface area contributed by atoms with Crippen molar-refractivity contribution in [3.8, 4) is 0 Å². The molecule has 2 atom stereocenters. The zero-order chi connectivity index (χ0) is 36.0. The van der Waals surface area contributed by atoms with Gasteiger partial charge in [0.25, 0.3) is 0 Å². The van der Waals surface area contributed by atoms with Crippen LogP contribution in [-0.4, -0.2) is 65.8 Å². The molecule has 0 bridgehead atoms. The highest BCUT2D eigenvalue weighted by Crippen LogP contribution is 2.20. The van der Waals surface area contributed by atoms with Gasteiger partial charge in [0.05, 0.1) is 18.8 Å². The maximum absolute atomic E-state index is 12.2. The molecule has 6 heteroatoms. The molecule has 49 heavy (non-hydrogen) atoms. The largest absolute Gasteiger partial charge is 0.463 e. The van der Waals surface area contributed by atoms with Gasteiger partial charge in [-0.3, -0.25) is 4.79 Å². The van der Waals surface area contributed by atoms with Gasteiger partial charge in [-0.15, -0.1) is 0 Å². The Bertz CT molecular complexity index is 646. The fourth-order valence-electron chi connectivity index (χ4n) is 6.87. The van der Waals surface area contributed by atoms with E-state index in [2.05, 4.69) is 25.7 Å². The van der Waals surface area contributed by atoms with Crippen LogP contribution in [0.15, 0.2) is 0 Å². The summed E-state index contributed by atoms with van der Waals surface area (Å²) in [4.78, 5) is 14.6. The molecule has 0 rings (SSSR count). The summed E-state index contributed by atoms with van der Waals surface area (Å²) in [7, 11) is 0. The first-order valence-corrected chi connectivity index (χ1v) is 21.8. The number of hydrogen-bond donors (Lipinski definition) is 2. The molecule has 2 unspecified atom stereocenters. The standard InChI is InChI=1S/C43H87NO5/c1-5-8-11-14-18-24-31-40(4)48-42(46)34-28-23-30-37-44(38-39-45)36-29-22-17-21-27-35-43(47)49-41(32-25-19-15-12-9-6-2)33-26-20-16-13-10-7-3/h40-41,43,45,47H,5-39H2,1-4H3. The van der Waals surface area contributed by atoms with Crippen LogP contribution in [0.3, 0.4) is 0 Å². The monoisotopic (exact) mass is 698 g/mol. The fourth-order valence-corrected chi connectivity index (χ4v) is 6.87. The molecular weight excluding hydrogens is 610 g/mol. The smallest absolute Gasteiger partial charge is 0.306 e. The molecule has 0 saturated carbocycles. The van der Waals surface area contributed by atoms with Crippen LogP contribution in [0.2, 0.25) is 0 Å². The number of hydrogen-bond acceptors (Lipinski definition) is 6. The van der Waals surface area contributed by atoms with Gasteiger partial charge in [0.15, 0.2) is 6.29 Å². The van der Waals surface area contributed by atoms with Gasteiger partial charge in [0.1, 0.15) is 0 Å². The molecule has 294 valence electrons. The Kier molecular flexibility index (Phi) is 38.0. The SMILES string of the molecule is CCCCCCCCC(C)OC(=O)CCCCCN(CCO)CCCCCCCC(O)OC(CCCCCCCC)CCCCCCCC. The van der Waals surface area contributed by atoms with Crippen molar-refractivity contribution >= 4 is 5.97 Å². The number of carbonyl (C=O) groups is 1. The number of carbonyl (C=O) groups excluding carboxylic acids is 1. The van der Waals surface area contributed by atoms with Crippen molar-refractivity contribution in [3.63, 3.8) is 0 Å². The second kappa shape index (κ2) is 38.5. The van der Waals surface area contributed by atoms with Crippen molar-refractivity contribution in [1.82, 2.24) is 4.90 Å². The van der Waals surface area contributed by atoms with Crippen LogP contribution >= 0.6 is 0 Å². The predicted molar refractivity (Wildman–Crippen MR) is 210 cm³/mol. The van der Waals surface area contributed by atoms with Crippen LogP contribution in [0.25, 0.3) is 0 Å². The van der Waals surface area contributed by atoms with Crippen molar-refractivity contribution in [2.45, 2.75) is 245 Å². The zero-order valence-electron chi connectivity index (χ0n) is 33.5. The molecule has 0 radical (unpaired) electrons. The van der Waals surface area contributed by atoms with Gasteiger partial charge in [-0.1, -0.05) is 156 Å². The van der Waals surface area contributed by atoms with Gasteiger partial charge in [0.2, 0.25) is 0 Å². The predicted octanol–water partition coefficient (Wildman–Crippen LogP) is 12.1. The summed E-state index contributed by atoms with van der Waals surface area (Å²) < 4.78 is 11.8. The topological polar surface area (TPSA) is 79.2 Å². The average Bonchev–Trinajstić information content (AvgIpc) is 3.08. The second-order valence-electron chi connectivity index (χ2n) is 15.1. The molecule has 0 aliphatic heterocycles. The summed E-state index contributed by atoms with van der Waals surface area (Å²) in [5, 5.41) is 20.2. The summed E-state index contributed by atoms with van der Waals surface area (Å²) >= 11 is 0. The second-order valence-corrected chi connectivity index (χ2v) is 15.1. The Labute approximate surface area is 306 Å². The summed E-state index contributed by atoms with van der Waals surface area (Å²) in [6, 6.07) is 0. The van der Waals surface area contributed by atoms with Gasteiger partial charge in [0, 0.05) is 13.0 Å². The molecular formula is C43H87NO5. The van der Waals surface area contributed by atoms with E-state index in [4.69, 9.17) is 9.47 Å². The minimum absolute atomic E-state index is 0.0314. The van der Waals surface area contributed by atoms with Crippen molar-refractivity contribution in [2.24, 2.45) is 0 Å². The highest BCUT2D eigenvalue weighted by molar-refractivity contribution is 5.69. The molecule has 0 heterocycles. The van der Waals surface area contributed by atoms with Crippen molar-refractivity contribution in [3.05, 3.63) is 0 Å². The molecule has 0 aromatic rings. The first-order valence-electron chi connectivity index (χ1n) is 21.8. The van der Waals surface area contributed by atoms with Crippen LogP contribution < -0.4 is 0 Å². The van der Waals surface area contributed by atoms with Crippen LogP contribution in [-0.2, 0) is 14.3 Å². The number of ether oxygens (including phenoxy) is 2. The van der Waals surface area contributed by atoms with Gasteiger partial charge >= 0.3 is 5.97 Å². The molecule has 0 spiro atoms. The molecule has 0 saturated heterocycles. The van der Waals surface area contributed by atoms with E-state index in [-0.39, 0.29) is 24.8 Å². The van der Waals surface area contributed by atoms with Gasteiger partial charge < -0.3 is 24.6 Å². The lowest BCUT2D eigenvalue weighted by Crippen LogP contribution is -2.29. The Morgan fingerprint density at radius 2 is 0.939 bits per heavy atom. The number of rotatable bonds is 40. The Hall–Kier alpha value is -0.690.